The molecule has 2 N–H and O–H groups in total. The van der Waals surface area contributed by atoms with Crippen molar-refractivity contribution in [3.63, 3.8) is 0 Å². The summed E-state index contributed by atoms with van der Waals surface area (Å²) in [7, 11) is 1.43. The highest BCUT2D eigenvalue weighted by atomic mass is 19.1. The lowest BCUT2D eigenvalue weighted by Crippen LogP contribution is -1.95. The molecule has 0 atom stereocenters. The summed E-state index contributed by atoms with van der Waals surface area (Å²) in [4.78, 5) is 3.86. The maximum absolute atomic E-state index is 13.9. The van der Waals surface area contributed by atoms with Crippen LogP contribution in [0.1, 0.15) is 0 Å². The molecule has 0 fully saturated rings. The van der Waals surface area contributed by atoms with Crippen molar-refractivity contribution in [1.29, 1.82) is 0 Å². The summed E-state index contributed by atoms with van der Waals surface area (Å²) >= 11 is 0. The van der Waals surface area contributed by atoms with Crippen molar-refractivity contribution in [1.82, 2.24) is 4.98 Å². The van der Waals surface area contributed by atoms with Crippen molar-refractivity contribution < 1.29 is 9.13 Å². The molecule has 2 rings (SSSR count). The summed E-state index contributed by atoms with van der Waals surface area (Å²) in [6.07, 6.45) is 3.07. The van der Waals surface area contributed by atoms with Crippen molar-refractivity contribution in [2.24, 2.45) is 0 Å². The number of hydrogen-bond acceptors (Lipinski definition) is 3. The Morgan fingerprint density at radius 2 is 2.06 bits per heavy atom. The van der Waals surface area contributed by atoms with Gasteiger partial charge in [-0.05, 0) is 12.1 Å². The first kappa shape index (κ1) is 10.4. The van der Waals surface area contributed by atoms with Gasteiger partial charge in [0, 0.05) is 17.3 Å². The van der Waals surface area contributed by atoms with E-state index in [9.17, 15) is 4.39 Å². The largest absolute Gasteiger partial charge is 0.494 e. The second-order valence-corrected chi connectivity index (χ2v) is 3.28. The molecule has 1 aromatic carbocycles. The number of methoxy groups -OCH3 is 1. The van der Waals surface area contributed by atoms with E-state index in [0.29, 0.717) is 16.8 Å². The van der Waals surface area contributed by atoms with E-state index >= 15 is 0 Å². The van der Waals surface area contributed by atoms with E-state index in [4.69, 9.17) is 10.5 Å². The molecule has 0 unspecified atom stereocenters. The van der Waals surface area contributed by atoms with Crippen LogP contribution in [-0.4, -0.2) is 12.1 Å². The molecular formula is C12H11FN2O. The van der Waals surface area contributed by atoms with Crippen molar-refractivity contribution in [2.45, 2.75) is 0 Å². The van der Waals surface area contributed by atoms with E-state index < -0.39 is 5.82 Å². The van der Waals surface area contributed by atoms with E-state index in [-0.39, 0.29) is 5.75 Å². The zero-order chi connectivity index (χ0) is 11.5. The van der Waals surface area contributed by atoms with Gasteiger partial charge in [-0.3, -0.25) is 4.98 Å². The average Bonchev–Trinajstić information content (AvgIpc) is 2.31. The highest BCUT2D eigenvalue weighted by Crippen LogP contribution is 2.31. The minimum Gasteiger partial charge on any atom is -0.494 e. The SMILES string of the molecule is COc1cccc(-c2ccncc2N)c1F. The van der Waals surface area contributed by atoms with Crippen molar-refractivity contribution in [3.8, 4) is 16.9 Å². The number of nitrogens with zero attached hydrogens (tertiary/aromatic N) is 1. The van der Waals surface area contributed by atoms with Gasteiger partial charge >= 0.3 is 0 Å². The first-order valence-electron chi connectivity index (χ1n) is 4.76. The van der Waals surface area contributed by atoms with Crippen LogP contribution in [0.25, 0.3) is 11.1 Å². The van der Waals surface area contributed by atoms with Gasteiger partial charge in [0.1, 0.15) is 0 Å². The summed E-state index contributed by atoms with van der Waals surface area (Å²) in [5, 5.41) is 0. The van der Waals surface area contributed by atoms with Gasteiger partial charge < -0.3 is 10.5 Å². The third kappa shape index (κ3) is 1.69. The van der Waals surface area contributed by atoms with Crippen molar-refractivity contribution in [3.05, 3.63) is 42.5 Å². The summed E-state index contributed by atoms with van der Waals surface area (Å²) in [6.45, 7) is 0. The minimum atomic E-state index is -0.414. The zero-order valence-electron chi connectivity index (χ0n) is 8.77. The fraction of sp³-hybridized carbons (Fsp3) is 0.0833. The molecule has 0 aliphatic carbocycles. The molecule has 0 aliphatic heterocycles. The standard InChI is InChI=1S/C12H11FN2O/c1-16-11-4-2-3-9(12(11)13)8-5-6-15-7-10(8)14/h2-7H,14H2,1H3. The number of hydrogen-bond donors (Lipinski definition) is 1. The number of pyridine rings is 1. The molecule has 0 amide bonds. The maximum Gasteiger partial charge on any atom is 0.172 e. The average molecular weight is 218 g/mol. The van der Waals surface area contributed by atoms with Gasteiger partial charge in [-0.1, -0.05) is 12.1 Å². The summed E-state index contributed by atoms with van der Waals surface area (Å²) in [5.74, 6) is -0.211. The Morgan fingerprint density at radius 1 is 1.25 bits per heavy atom. The highest BCUT2D eigenvalue weighted by Gasteiger charge is 2.11. The number of nitrogen functional groups attached to an aromatic ring is 1. The lowest BCUT2D eigenvalue weighted by Gasteiger charge is -2.08. The molecule has 1 heterocycles. The number of benzene rings is 1. The van der Waals surface area contributed by atoms with Crippen molar-refractivity contribution >= 4 is 5.69 Å². The first-order valence-corrected chi connectivity index (χ1v) is 4.76. The normalized spacial score (nSPS) is 10.1. The molecule has 16 heavy (non-hydrogen) atoms. The number of ether oxygens (including phenoxy) is 1. The van der Waals surface area contributed by atoms with Crippen molar-refractivity contribution in [2.75, 3.05) is 12.8 Å². The van der Waals surface area contributed by atoms with Gasteiger partial charge in [0.05, 0.1) is 19.0 Å². The van der Waals surface area contributed by atoms with Gasteiger partial charge in [-0.2, -0.15) is 0 Å². The number of rotatable bonds is 2. The molecule has 2 aromatic rings. The maximum atomic E-state index is 13.9. The molecule has 1 aromatic heterocycles. The lowest BCUT2D eigenvalue weighted by atomic mass is 10.0. The highest BCUT2D eigenvalue weighted by molar-refractivity contribution is 5.76. The summed E-state index contributed by atoms with van der Waals surface area (Å²) < 4.78 is 18.9. The molecule has 0 bridgehead atoms. The van der Waals surface area contributed by atoms with Crippen LogP contribution in [0.4, 0.5) is 10.1 Å². The molecule has 0 radical (unpaired) electrons. The quantitative estimate of drug-likeness (QED) is 0.842. The van der Waals surface area contributed by atoms with Gasteiger partial charge in [0.15, 0.2) is 11.6 Å². The Balaban J connectivity index is 2.61. The first-order chi connectivity index (χ1) is 7.74. The summed E-state index contributed by atoms with van der Waals surface area (Å²) in [6, 6.07) is 6.62. The van der Waals surface area contributed by atoms with E-state index in [0.717, 1.165) is 0 Å². The third-order valence-corrected chi connectivity index (χ3v) is 2.33. The van der Waals surface area contributed by atoms with Crippen LogP contribution in [-0.2, 0) is 0 Å². The molecule has 3 nitrogen and oxygen atoms in total. The topological polar surface area (TPSA) is 48.1 Å². The fourth-order valence-corrected chi connectivity index (χ4v) is 1.53. The van der Waals surface area contributed by atoms with E-state index in [1.165, 1.54) is 13.3 Å². The Kier molecular flexibility index (Phi) is 2.72. The molecule has 0 aliphatic rings. The number of halogens is 1. The van der Waals surface area contributed by atoms with Crippen LogP contribution < -0.4 is 10.5 Å². The van der Waals surface area contributed by atoms with Gasteiger partial charge in [-0.25, -0.2) is 4.39 Å². The van der Waals surface area contributed by atoms with Crippen LogP contribution in [0.3, 0.4) is 0 Å². The molecular weight excluding hydrogens is 207 g/mol. The molecule has 82 valence electrons. The van der Waals surface area contributed by atoms with Crippen LogP contribution in [0.2, 0.25) is 0 Å². The predicted molar refractivity (Wildman–Crippen MR) is 60.6 cm³/mol. The molecule has 4 heteroatoms. The lowest BCUT2D eigenvalue weighted by molar-refractivity contribution is 0.387. The Hall–Kier alpha value is -2.10. The molecule has 0 spiro atoms. The number of nitrogens with two attached hydrogens (primary N) is 1. The van der Waals surface area contributed by atoms with Crippen LogP contribution >= 0.6 is 0 Å². The van der Waals surface area contributed by atoms with E-state index in [1.807, 2.05) is 0 Å². The number of aromatic nitrogens is 1. The molecule has 0 saturated carbocycles. The third-order valence-electron chi connectivity index (χ3n) is 2.33. The smallest absolute Gasteiger partial charge is 0.172 e. The van der Waals surface area contributed by atoms with E-state index in [1.54, 1.807) is 30.5 Å². The molecule has 0 saturated heterocycles. The summed E-state index contributed by atoms with van der Waals surface area (Å²) in [5.41, 5.74) is 7.22. The second kappa shape index (κ2) is 4.18. The van der Waals surface area contributed by atoms with Gasteiger partial charge in [0.25, 0.3) is 0 Å². The minimum absolute atomic E-state index is 0.203. The van der Waals surface area contributed by atoms with Crippen LogP contribution in [0.5, 0.6) is 5.75 Å². The monoisotopic (exact) mass is 218 g/mol. The Morgan fingerprint density at radius 3 is 2.75 bits per heavy atom. The Bertz CT molecular complexity index is 514. The fourth-order valence-electron chi connectivity index (χ4n) is 1.53. The van der Waals surface area contributed by atoms with E-state index in [2.05, 4.69) is 4.98 Å². The Labute approximate surface area is 92.7 Å². The predicted octanol–water partition coefficient (Wildman–Crippen LogP) is 2.48. The van der Waals surface area contributed by atoms with Crippen LogP contribution in [0.15, 0.2) is 36.7 Å². The number of anilines is 1. The zero-order valence-corrected chi connectivity index (χ0v) is 8.77. The van der Waals surface area contributed by atoms with Crippen LogP contribution in [0, 0.1) is 5.82 Å². The van der Waals surface area contributed by atoms with Gasteiger partial charge in [-0.15, -0.1) is 0 Å². The second-order valence-electron chi connectivity index (χ2n) is 3.28. The van der Waals surface area contributed by atoms with Gasteiger partial charge in [0.2, 0.25) is 0 Å².